The molecule has 94 valence electrons. The number of hydrogen-bond donors (Lipinski definition) is 2. The number of piperidine rings is 1. The van der Waals surface area contributed by atoms with Crippen LogP contribution < -0.4 is 10.6 Å². The van der Waals surface area contributed by atoms with Crippen LogP contribution in [-0.2, 0) is 14.3 Å². The Labute approximate surface area is 98.5 Å². The summed E-state index contributed by atoms with van der Waals surface area (Å²) in [6.07, 6.45) is 1.10. The van der Waals surface area contributed by atoms with Gasteiger partial charge in [0.15, 0.2) is 0 Å². The Morgan fingerprint density at radius 1 is 1.41 bits per heavy atom. The number of rotatable bonds is 2. The first-order valence-corrected chi connectivity index (χ1v) is 5.51. The fourth-order valence-corrected chi connectivity index (χ4v) is 2.21. The van der Waals surface area contributed by atoms with E-state index in [4.69, 9.17) is 0 Å². The summed E-state index contributed by atoms with van der Waals surface area (Å²) in [5, 5.41) is 5.81. The lowest BCUT2D eigenvalue weighted by molar-refractivity contribution is -0.145. The van der Waals surface area contributed by atoms with Gasteiger partial charge in [0, 0.05) is 0 Å². The number of esters is 1. The predicted octanol–water partition coefficient (Wildman–Crippen LogP) is -1.17. The summed E-state index contributed by atoms with van der Waals surface area (Å²) in [6, 6.07) is -0.512. The third-order valence-corrected chi connectivity index (χ3v) is 3.22. The van der Waals surface area contributed by atoms with Crippen molar-refractivity contribution in [1.29, 1.82) is 0 Å². The molecular weight excluding hydrogens is 226 g/mol. The summed E-state index contributed by atoms with van der Waals surface area (Å²) in [6.45, 7) is 1.03. The highest BCUT2D eigenvalue weighted by Crippen LogP contribution is 2.26. The van der Waals surface area contributed by atoms with E-state index in [0.29, 0.717) is 25.9 Å². The lowest BCUT2D eigenvalue weighted by Crippen LogP contribution is -2.54. The summed E-state index contributed by atoms with van der Waals surface area (Å²) >= 11 is 0. The summed E-state index contributed by atoms with van der Waals surface area (Å²) in [7, 11) is 1.22. The maximum Gasteiger partial charge on any atom is 0.325 e. The summed E-state index contributed by atoms with van der Waals surface area (Å²) < 4.78 is 4.46. The minimum atomic E-state index is -0.823. The number of urea groups is 1. The average Bonchev–Trinajstić information content (AvgIpc) is 2.55. The highest BCUT2D eigenvalue weighted by Gasteiger charge is 2.51. The second kappa shape index (κ2) is 4.33. The van der Waals surface area contributed by atoms with Gasteiger partial charge in [-0.2, -0.15) is 0 Å². The SMILES string of the molecule is COC(=O)CN1C(=O)NC2(CCNCC2)C1=O. The van der Waals surface area contributed by atoms with Crippen LogP contribution in [0.3, 0.4) is 0 Å². The van der Waals surface area contributed by atoms with Crippen LogP contribution in [0.15, 0.2) is 0 Å². The smallest absolute Gasteiger partial charge is 0.325 e. The van der Waals surface area contributed by atoms with Gasteiger partial charge in [0.2, 0.25) is 0 Å². The highest BCUT2D eigenvalue weighted by atomic mass is 16.5. The standard InChI is InChI=1S/C10H15N3O4/c1-17-7(14)6-13-8(15)10(12-9(13)16)2-4-11-5-3-10/h11H,2-6H2,1H3,(H,12,16). The summed E-state index contributed by atoms with van der Waals surface area (Å²) in [5.74, 6) is -0.922. The molecule has 0 aromatic rings. The first-order chi connectivity index (χ1) is 8.09. The number of hydrogen-bond acceptors (Lipinski definition) is 5. The Bertz CT molecular complexity index is 363. The van der Waals surface area contributed by atoms with Gasteiger partial charge in [0.25, 0.3) is 5.91 Å². The summed E-state index contributed by atoms with van der Waals surface area (Å²) in [5.41, 5.74) is -0.823. The maximum absolute atomic E-state index is 12.2. The Morgan fingerprint density at radius 3 is 2.65 bits per heavy atom. The largest absolute Gasteiger partial charge is 0.468 e. The van der Waals surface area contributed by atoms with Gasteiger partial charge in [0.1, 0.15) is 12.1 Å². The zero-order valence-corrected chi connectivity index (χ0v) is 9.62. The van der Waals surface area contributed by atoms with Crippen LogP contribution in [0.2, 0.25) is 0 Å². The molecule has 0 aliphatic carbocycles. The van der Waals surface area contributed by atoms with Gasteiger partial charge in [-0.25, -0.2) is 4.79 Å². The minimum absolute atomic E-state index is 0.323. The maximum atomic E-state index is 12.2. The van der Waals surface area contributed by atoms with Gasteiger partial charge in [-0.3, -0.25) is 14.5 Å². The van der Waals surface area contributed by atoms with Gasteiger partial charge in [0.05, 0.1) is 7.11 Å². The molecular formula is C10H15N3O4. The van der Waals surface area contributed by atoms with Crippen LogP contribution in [-0.4, -0.2) is 55.1 Å². The molecule has 0 atom stereocenters. The Morgan fingerprint density at radius 2 is 2.06 bits per heavy atom. The lowest BCUT2D eigenvalue weighted by Gasteiger charge is -2.30. The number of imide groups is 1. The van der Waals surface area contributed by atoms with Crippen LogP contribution in [0.1, 0.15) is 12.8 Å². The zero-order valence-electron chi connectivity index (χ0n) is 9.62. The van der Waals surface area contributed by atoms with Gasteiger partial charge in [-0.05, 0) is 25.9 Å². The van der Waals surface area contributed by atoms with E-state index in [9.17, 15) is 14.4 Å². The minimum Gasteiger partial charge on any atom is -0.468 e. The van der Waals surface area contributed by atoms with Crippen molar-refractivity contribution in [2.75, 3.05) is 26.7 Å². The van der Waals surface area contributed by atoms with E-state index in [2.05, 4.69) is 15.4 Å². The molecule has 0 bridgehead atoms. The van der Waals surface area contributed by atoms with Crippen molar-refractivity contribution in [1.82, 2.24) is 15.5 Å². The monoisotopic (exact) mass is 241 g/mol. The third-order valence-electron chi connectivity index (χ3n) is 3.22. The molecule has 2 saturated heterocycles. The first-order valence-electron chi connectivity index (χ1n) is 5.51. The number of nitrogens with one attached hydrogen (secondary N) is 2. The van der Waals surface area contributed by atoms with Gasteiger partial charge in [-0.1, -0.05) is 0 Å². The van der Waals surface area contributed by atoms with Crippen molar-refractivity contribution in [2.45, 2.75) is 18.4 Å². The average molecular weight is 241 g/mol. The molecule has 2 heterocycles. The van der Waals surface area contributed by atoms with Gasteiger partial charge < -0.3 is 15.4 Å². The number of nitrogens with zero attached hydrogens (tertiary/aromatic N) is 1. The molecule has 2 aliphatic heterocycles. The molecule has 0 aromatic carbocycles. The highest BCUT2D eigenvalue weighted by molar-refractivity contribution is 6.08. The van der Waals surface area contributed by atoms with Crippen molar-refractivity contribution in [3.63, 3.8) is 0 Å². The van der Waals surface area contributed by atoms with Crippen molar-refractivity contribution in [3.05, 3.63) is 0 Å². The van der Waals surface area contributed by atoms with Crippen LogP contribution in [0, 0.1) is 0 Å². The van der Waals surface area contributed by atoms with E-state index in [1.165, 1.54) is 7.11 Å². The molecule has 7 heteroatoms. The van der Waals surface area contributed by atoms with Crippen LogP contribution in [0.25, 0.3) is 0 Å². The number of carbonyl (C=O) groups excluding carboxylic acids is 3. The summed E-state index contributed by atoms with van der Waals surface area (Å²) in [4.78, 5) is 35.9. The Hall–Kier alpha value is -1.63. The third kappa shape index (κ3) is 1.97. The molecule has 2 fully saturated rings. The van der Waals surface area contributed by atoms with Crippen LogP contribution in [0.5, 0.6) is 0 Å². The van der Waals surface area contributed by atoms with E-state index in [0.717, 1.165) is 4.90 Å². The number of carbonyl (C=O) groups is 3. The predicted molar refractivity (Wildman–Crippen MR) is 57.1 cm³/mol. The first kappa shape index (κ1) is 11.8. The molecule has 7 nitrogen and oxygen atoms in total. The van der Waals surface area contributed by atoms with Crippen molar-refractivity contribution >= 4 is 17.9 Å². The quantitative estimate of drug-likeness (QED) is 0.470. The van der Waals surface area contributed by atoms with Crippen molar-refractivity contribution in [2.24, 2.45) is 0 Å². The number of ether oxygens (including phenoxy) is 1. The second-order valence-electron chi connectivity index (χ2n) is 4.23. The topological polar surface area (TPSA) is 87.7 Å². The van der Waals surface area contributed by atoms with E-state index in [1.54, 1.807) is 0 Å². The van der Waals surface area contributed by atoms with Crippen LogP contribution >= 0.6 is 0 Å². The molecule has 2 aliphatic rings. The zero-order chi connectivity index (χ0) is 12.5. The molecule has 17 heavy (non-hydrogen) atoms. The number of methoxy groups -OCH3 is 1. The molecule has 2 N–H and O–H groups in total. The molecule has 0 saturated carbocycles. The molecule has 1 spiro atoms. The van der Waals surface area contributed by atoms with E-state index < -0.39 is 17.5 Å². The molecule has 2 rings (SSSR count). The molecule has 0 unspecified atom stereocenters. The van der Waals surface area contributed by atoms with Crippen LogP contribution in [0.4, 0.5) is 4.79 Å². The van der Waals surface area contributed by atoms with Gasteiger partial charge in [-0.15, -0.1) is 0 Å². The van der Waals surface area contributed by atoms with Crippen molar-refractivity contribution in [3.8, 4) is 0 Å². The lowest BCUT2D eigenvalue weighted by atomic mass is 9.88. The van der Waals surface area contributed by atoms with E-state index in [-0.39, 0.29) is 12.5 Å². The van der Waals surface area contributed by atoms with Gasteiger partial charge >= 0.3 is 12.0 Å². The fourth-order valence-electron chi connectivity index (χ4n) is 2.21. The van der Waals surface area contributed by atoms with Crippen molar-refractivity contribution < 1.29 is 19.1 Å². The Kier molecular flexibility index (Phi) is 3.01. The second-order valence-corrected chi connectivity index (χ2v) is 4.23. The Balaban J connectivity index is 2.13. The van der Waals surface area contributed by atoms with E-state index in [1.807, 2.05) is 0 Å². The molecule has 0 radical (unpaired) electrons. The molecule has 0 aromatic heterocycles. The molecule has 3 amide bonds. The number of amides is 3. The van der Waals surface area contributed by atoms with E-state index >= 15 is 0 Å². The fraction of sp³-hybridized carbons (Fsp3) is 0.700. The normalized spacial score (nSPS) is 22.8.